The molecule has 0 aromatic rings. The highest BCUT2D eigenvalue weighted by Gasteiger charge is 2.24. The van der Waals surface area contributed by atoms with Crippen molar-refractivity contribution in [1.29, 1.82) is 0 Å². The van der Waals surface area contributed by atoms with Crippen molar-refractivity contribution in [3.05, 3.63) is 0 Å². The quantitative estimate of drug-likeness (QED) is 0.540. The summed E-state index contributed by atoms with van der Waals surface area (Å²) in [6.45, 7) is 2.04. The molecular formula is C7H13N3O2. The fourth-order valence-electron chi connectivity index (χ4n) is 1.14. The van der Waals surface area contributed by atoms with Gasteiger partial charge >= 0.3 is 0 Å². The van der Waals surface area contributed by atoms with Crippen molar-refractivity contribution < 1.29 is 9.90 Å². The number of hydrazine groups is 1. The molecule has 0 aliphatic carbocycles. The summed E-state index contributed by atoms with van der Waals surface area (Å²) in [6, 6.07) is 0.104. The van der Waals surface area contributed by atoms with E-state index in [1.54, 1.807) is 5.01 Å². The minimum atomic E-state index is -0.438. The number of rotatable bonds is 4. The fraction of sp³-hybridized carbons (Fsp3) is 0.714. The van der Waals surface area contributed by atoms with Gasteiger partial charge in [-0.2, -0.15) is 5.01 Å². The molecule has 0 radical (unpaired) electrons. The van der Waals surface area contributed by atoms with E-state index in [-0.39, 0.29) is 12.6 Å². The van der Waals surface area contributed by atoms with Gasteiger partial charge in [-0.15, -0.1) is 0 Å². The second-order valence-corrected chi connectivity index (χ2v) is 2.73. The van der Waals surface area contributed by atoms with Gasteiger partial charge in [0, 0.05) is 12.6 Å². The summed E-state index contributed by atoms with van der Waals surface area (Å²) in [5.74, 6) is 0. The van der Waals surface area contributed by atoms with Crippen LogP contribution < -0.4 is 5.43 Å². The standard InChI is InChI=1S/C7H13N3O2/c1-6(2-3-11)10-7(4-12)8-5-9-10/h4-7,11H,2-3H2,1H3,(H,8,9)/t6-,7?/m0/s1. The third-order valence-electron chi connectivity index (χ3n) is 1.86. The summed E-state index contributed by atoms with van der Waals surface area (Å²) >= 11 is 0. The molecule has 0 saturated heterocycles. The molecule has 68 valence electrons. The minimum Gasteiger partial charge on any atom is -0.396 e. The molecule has 1 aliphatic heterocycles. The van der Waals surface area contributed by atoms with Crippen LogP contribution in [0, 0.1) is 0 Å². The maximum Gasteiger partial charge on any atom is 0.176 e. The zero-order valence-corrected chi connectivity index (χ0v) is 6.97. The third-order valence-corrected chi connectivity index (χ3v) is 1.86. The molecule has 1 aliphatic rings. The fourth-order valence-corrected chi connectivity index (χ4v) is 1.14. The lowest BCUT2D eigenvalue weighted by molar-refractivity contribution is -0.113. The highest BCUT2D eigenvalue weighted by Crippen LogP contribution is 2.07. The Morgan fingerprint density at radius 3 is 3.25 bits per heavy atom. The normalized spacial score (nSPS) is 25.3. The van der Waals surface area contributed by atoms with Gasteiger partial charge in [0.25, 0.3) is 0 Å². The van der Waals surface area contributed by atoms with Crippen molar-refractivity contribution in [3.63, 3.8) is 0 Å². The summed E-state index contributed by atoms with van der Waals surface area (Å²) < 4.78 is 0. The van der Waals surface area contributed by atoms with Crippen LogP contribution in [0.1, 0.15) is 13.3 Å². The number of aliphatic imine (C=N–C) groups is 1. The van der Waals surface area contributed by atoms with Crippen LogP contribution in [0.15, 0.2) is 4.99 Å². The first-order chi connectivity index (χ1) is 5.79. The highest BCUT2D eigenvalue weighted by molar-refractivity contribution is 5.66. The Labute approximate surface area is 71.1 Å². The van der Waals surface area contributed by atoms with Crippen molar-refractivity contribution in [1.82, 2.24) is 10.4 Å². The predicted molar refractivity (Wildman–Crippen MR) is 44.5 cm³/mol. The Bertz CT molecular complexity index is 183. The van der Waals surface area contributed by atoms with E-state index in [0.29, 0.717) is 6.42 Å². The maximum absolute atomic E-state index is 10.5. The van der Waals surface area contributed by atoms with E-state index in [9.17, 15) is 4.79 Å². The lowest BCUT2D eigenvalue weighted by Crippen LogP contribution is -2.45. The monoisotopic (exact) mass is 171 g/mol. The smallest absolute Gasteiger partial charge is 0.176 e. The van der Waals surface area contributed by atoms with Crippen molar-refractivity contribution in [2.45, 2.75) is 25.6 Å². The molecule has 5 heteroatoms. The van der Waals surface area contributed by atoms with E-state index in [1.807, 2.05) is 6.92 Å². The number of nitrogens with zero attached hydrogens (tertiary/aromatic N) is 2. The number of aliphatic hydroxyl groups is 1. The summed E-state index contributed by atoms with van der Waals surface area (Å²) in [6.07, 6.45) is 2.45. The van der Waals surface area contributed by atoms with Gasteiger partial charge in [0.15, 0.2) is 12.5 Å². The number of aldehydes is 1. The van der Waals surface area contributed by atoms with Gasteiger partial charge < -0.3 is 10.5 Å². The summed E-state index contributed by atoms with van der Waals surface area (Å²) in [7, 11) is 0. The van der Waals surface area contributed by atoms with Crippen LogP contribution in [0.25, 0.3) is 0 Å². The largest absolute Gasteiger partial charge is 0.396 e. The third kappa shape index (κ3) is 1.80. The predicted octanol–water partition coefficient (Wildman–Crippen LogP) is -0.869. The number of carbonyl (C=O) groups excluding carboxylic acids is 1. The van der Waals surface area contributed by atoms with E-state index >= 15 is 0 Å². The van der Waals surface area contributed by atoms with Crippen LogP contribution in [0.3, 0.4) is 0 Å². The first-order valence-electron chi connectivity index (χ1n) is 3.92. The van der Waals surface area contributed by atoms with E-state index in [4.69, 9.17) is 5.11 Å². The van der Waals surface area contributed by atoms with Crippen molar-refractivity contribution in [2.24, 2.45) is 4.99 Å². The van der Waals surface area contributed by atoms with Gasteiger partial charge in [0.1, 0.15) is 0 Å². The van der Waals surface area contributed by atoms with E-state index in [1.165, 1.54) is 6.34 Å². The van der Waals surface area contributed by atoms with E-state index < -0.39 is 6.17 Å². The Morgan fingerprint density at radius 1 is 1.92 bits per heavy atom. The second-order valence-electron chi connectivity index (χ2n) is 2.73. The van der Waals surface area contributed by atoms with Crippen molar-refractivity contribution in [3.8, 4) is 0 Å². The molecule has 2 N–H and O–H groups in total. The molecule has 0 spiro atoms. The molecule has 0 aromatic carbocycles. The number of hydrogen-bond acceptors (Lipinski definition) is 5. The van der Waals surface area contributed by atoms with Gasteiger partial charge in [-0.25, -0.2) is 4.99 Å². The van der Waals surface area contributed by atoms with Crippen LogP contribution in [0.4, 0.5) is 0 Å². The molecule has 0 bridgehead atoms. The zero-order valence-electron chi connectivity index (χ0n) is 6.97. The maximum atomic E-state index is 10.5. The zero-order chi connectivity index (χ0) is 8.97. The van der Waals surface area contributed by atoms with Crippen LogP contribution in [-0.4, -0.2) is 41.6 Å². The minimum absolute atomic E-state index is 0.104. The molecular weight excluding hydrogens is 158 g/mol. The lowest BCUT2D eigenvalue weighted by atomic mass is 10.2. The van der Waals surface area contributed by atoms with E-state index in [2.05, 4.69) is 10.4 Å². The topological polar surface area (TPSA) is 64.9 Å². The van der Waals surface area contributed by atoms with Gasteiger partial charge in [-0.05, 0) is 13.3 Å². The molecule has 0 saturated carbocycles. The molecule has 2 atom stereocenters. The van der Waals surface area contributed by atoms with Crippen LogP contribution in [-0.2, 0) is 4.79 Å². The summed E-state index contributed by atoms with van der Waals surface area (Å²) in [5.41, 5.74) is 2.84. The molecule has 1 heterocycles. The number of aliphatic hydroxyl groups excluding tert-OH is 1. The molecule has 0 aromatic heterocycles. The molecule has 0 fully saturated rings. The van der Waals surface area contributed by atoms with Crippen LogP contribution in [0.2, 0.25) is 0 Å². The Balaban J connectivity index is 2.46. The van der Waals surface area contributed by atoms with Gasteiger partial charge in [-0.1, -0.05) is 0 Å². The van der Waals surface area contributed by atoms with Gasteiger partial charge in [-0.3, -0.25) is 4.79 Å². The molecule has 0 amide bonds. The van der Waals surface area contributed by atoms with Gasteiger partial charge in [0.2, 0.25) is 0 Å². The first kappa shape index (κ1) is 9.15. The molecule has 5 nitrogen and oxygen atoms in total. The Hall–Kier alpha value is -0.940. The molecule has 1 unspecified atom stereocenters. The average molecular weight is 171 g/mol. The Morgan fingerprint density at radius 2 is 2.67 bits per heavy atom. The summed E-state index contributed by atoms with van der Waals surface area (Å²) in [4.78, 5) is 14.3. The second kappa shape index (κ2) is 4.18. The Kier molecular flexibility index (Phi) is 3.19. The number of nitrogens with one attached hydrogen (secondary N) is 1. The lowest BCUT2D eigenvalue weighted by Gasteiger charge is -2.25. The first-order valence-corrected chi connectivity index (χ1v) is 3.92. The van der Waals surface area contributed by atoms with Crippen LogP contribution >= 0.6 is 0 Å². The highest BCUT2D eigenvalue weighted by atomic mass is 16.3. The molecule has 12 heavy (non-hydrogen) atoms. The molecule has 1 rings (SSSR count). The average Bonchev–Trinajstić information content (AvgIpc) is 2.51. The van der Waals surface area contributed by atoms with Crippen LogP contribution in [0.5, 0.6) is 0 Å². The van der Waals surface area contributed by atoms with E-state index in [0.717, 1.165) is 6.29 Å². The van der Waals surface area contributed by atoms with Gasteiger partial charge in [0.05, 0.1) is 6.34 Å². The number of hydrogen-bond donors (Lipinski definition) is 2. The SMILES string of the molecule is C[C@@H](CCO)N1NC=NC1C=O. The number of carbonyl (C=O) groups is 1. The summed E-state index contributed by atoms with van der Waals surface area (Å²) in [5, 5.41) is 10.4. The van der Waals surface area contributed by atoms with Crippen molar-refractivity contribution in [2.75, 3.05) is 6.61 Å². The van der Waals surface area contributed by atoms with Crippen molar-refractivity contribution >= 4 is 12.6 Å².